The van der Waals surface area contributed by atoms with Crippen LogP contribution in [0.1, 0.15) is 18.4 Å². The number of epoxide rings is 1. The standard InChI is InChI=1S/C12H14O2/c13-9-8-12-11(14-12)7-6-10-4-2-1-3-5-10/h1-5,9,11-12H,6-8H2. The third-order valence-electron chi connectivity index (χ3n) is 2.58. The molecule has 1 aromatic carbocycles. The summed E-state index contributed by atoms with van der Waals surface area (Å²) in [6.07, 6.45) is 4.09. The largest absolute Gasteiger partial charge is 0.369 e. The molecule has 0 N–H and O–H groups in total. The molecule has 0 saturated carbocycles. The van der Waals surface area contributed by atoms with Gasteiger partial charge < -0.3 is 9.53 Å². The van der Waals surface area contributed by atoms with Crippen LogP contribution in [0.5, 0.6) is 0 Å². The lowest BCUT2D eigenvalue weighted by Gasteiger charge is -1.97. The van der Waals surface area contributed by atoms with E-state index in [0.717, 1.165) is 19.1 Å². The van der Waals surface area contributed by atoms with E-state index in [1.54, 1.807) is 0 Å². The van der Waals surface area contributed by atoms with E-state index in [4.69, 9.17) is 4.74 Å². The molecule has 2 nitrogen and oxygen atoms in total. The summed E-state index contributed by atoms with van der Waals surface area (Å²) in [6.45, 7) is 0. The molecule has 0 bridgehead atoms. The molecule has 0 spiro atoms. The van der Waals surface area contributed by atoms with Crippen LogP contribution >= 0.6 is 0 Å². The van der Waals surface area contributed by atoms with Gasteiger partial charge >= 0.3 is 0 Å². The lowest BCUT2D eigenvalue weighted by atomic mass is 10.1. The molecular weight excluding hydrogens is 176 g/mol. The highest BCUT2D eigenvalue weighted by Gasteiger charge is 2.37. The SMILES string of the molecule is O=CCC1OC1CCc1ccccc1. The Kier molecular flexibility index (Phi) is 2.94. The number of hydrogen-bond donors (Lipinski definition) is 0. The fourth-order valence-electron chi connectivity index (χ4n) is 1.69. The van der Waals surface area contributed by atoms with Crippen LogP contribution in [0.15, 0.2) is 30.3 Å². The average molecular weight is 190 g/mol. The van der Waals surface area contributed by atoms with Gasteiger partial charge in [-0.25, -0.2) is 0 Å². The monoisotopic (exact) mass is 190 g/mol. The van der Waals surface area contributed by atoms with Crippen LogP contribution in [0.2, 0.25) is 0 Å². The van der Waals surface area contributed by atoms with Gasteiger partial charge in [-0.15, -0.1) is 0 Å². The van der Waals surface area contributed by atoms with E-state index < -0.39 is 0 Å². The minimum Gasteiger partial charge on any atom is -0.369 e. The number of aryl methyl sites for hydroxylation is 1. The third-order valence-corrected chi connectivity index (χ3v) is 2.58. The van der Waals surface area contributed by atoms with Gasteiger partial charge in [-0.05, 0) is 18.4 Å². The zero-order chi connectivity index (χ0) is 9.80. The molecule has 1 aliphatic heterocycles. The summed E-state index contributed by atoms with van der Waals surface area (Å²) >= 11 is 0. The Balaban J connectivity index is 1.72. The second kappa shape index (κ2) is 4.38. The van der Waals surface area contributed by atoms with Crippen LogP contribution in [0.4, 0.5) is 0 Å². The number of rotatable bonds is 5. The Morgan fingerprint density at radius 2 is 2.00 bits per heavy atom. The summed E-state index contributed by atoms with van der Waals surface area (Å²) < 4.78 is 5.35. The van der Waals surface area contributed by atoms with Crippen molar-refractivity contribution < 1.29 is 9.53 Å². The van der Waals surface area contributed by atoms with Crippen LogP contribution in [0.3, 0.4) is 0 Å². The summed E-state index contributed by atoms with van der Waals surface area (Å²) in [5.74, 6) is 0. The lowest BCUT2D eigenvalue weighted by molar-refractivity contribution is -0.108. The summed E-state index contributed by atoms with van der Waals surface area (Å²) in [5, 5.41) is 0. The molecule has 0 aliphatic carbocycles. The van der Waals surface area contributed by atoms with Crippen molar-refractivity contribution in [3.63, 3.8) is 0 Å². The van der Waals surface area contributed by atoms with Gasteiger partial charge in [0.25, 0.3) is 0 Å². The molecule has 74 valence electrons. The Hall–Kier alpha value is -1.15. The van der Waals surface area contributed by atoms with Crippen molar-refractivity contribution in [2.24, 2.45) is 0 Å². The van der Waals surface area contributed by atoms with Crippen molar-refractivity contribution in [2.75, 3.05) is 0 Å². The van der Waals surface area contributed by atoms with Crippen LogP contribution in [-0.2, 0) is 16.0 Å². The lowest BCUT2D eigenvalue weighted by Crippen LogP contribution is -1.97. The predicted molar refractivity (Wildman–Crippen MR) is 54.1 cm³/mol. The minimum atomic E-state index is 0.205. The van der Waals surface area contributed by atoms with E-state index in [9.17, 15) is 4.79 Å². The molecule has 1 heterocycles. The van der Waals surface area contributed by atoms with Gasteiger partial charge in [-0.3, -0.25) is 0 Å². The number of hydrogen-bond acceptors (Lipinski definition) is 2. The first kappa shape index (κ1) is 9.41. The normalized spacial score (nSPS) is 24.6. The van der Waals surface area contributed by atoms with Crippen molar-refractivity contribution in [3.05, 3.63) is 35.9 Å². The molecule has 2 heteroatoms. The molecule has 0 radical (unpaired) electrons. The Bertz CT molecular complexity index is 294. The first-order valence-electron chi connectivity index (χ1n) is 5.03. The Morgan fingerprint density at radius 3 is 2.71 bits per heavy atom. The quantitative estimate of drug-likeness (QED) is 0.525. The van der Waals surface area contributed by atoms with Crippen LogP contribution in [0.25, 0.3) is 0 Å². The number of carbonyl (C=O) groups excluding carboxylic acids is 1. The predicted octanol–water partition coefficient (Wildman–Crippen LogP) is 1.98. The third kappa shape index (κ3) is 2.42. The van der Waals surface area contributed by atoms with Crippen LogP contribution in [0, 0.1) is 0 Å². The second-order valence-electron chi connectivity index (χ2n) is 3.64. The first-order chi connectivity index (χ1) is 6.90. The molecule has 1 aromatic rings. The Morgan fingerprint density at radius 1 is 1.21 bits per heavy atom. The summed E-state index contributed by atoms with van der Waals surface area (Å²) in [5.41, 5.74) is 1.34. The van der Waals surface area contributed by atoms with Gasteiger partial charge in [0.15, 0.2) is 0 Å². The highest BCUT2D eigenvalue weighted by Crippen LogP contribution is 2.28. The number of aldehydes is 1. The summed E-state index contributed by atoms with van der Waals surface area (Å²) in [6, 6.07) is 10.4. The smallest absolute Gasteiger partial charge is 0.122 e. The molecule has 0 amide bonds. The molecule has 2 unspecified atom stereocenters. The minimum absolute atomic E-state index is 0.205. The first-order valence-corrected chi connectivity index (χ1v) is 5.03. The van der Waals surface area contributed by atoms with E-state index >= 15 is 0 Å². The molecule has 1 saturated heterocycles. The van der Waals surface area contributed by atoms with Gasteiger partial charge in [0.05, 0.1) is 12.2 Å². The fraction of sp³-hybridized carbons (Fsp3) is 0.417. The second-order valence-corrected chi connectivity index (χ2v) is 3.64. The maximum Gasteiger partial charge on any atom is 0.122 e. The molecule has 0 aromatic heterocycles. The topological polar surface area (TPSA) is 29.6 Å². The van der Waals surface area contributed by atoms with Crippen LogP contribution in [-0.4, -0.2) is 18.5 Å². The van der Waals surface area contributed by atoms with E-state index in [2.05, 4.69) is 12.1 Å². The highest BCUT2D eigenvalue weighted by atomic mass is 16.6. The summed E-state index contributed by atoms with van der Waals surface area (Å²) in [4.78, 5) is 10.2. The average Bonchev–Trinajstić information content (AvgIpc) is 2.96. The maximum atomic E-state index is 10.2. The molecule has 2 rings (SSSR count). The van der Waals surface area contributed by atoms with Crippen molar-refractivity contribution >= 4 is 6.29 Å². The highest BCUT2D eigenvalue weighted by molar-refractivity contribution is 5.51. The van der Waals surface area contributed by atoms with Crippen molar-refractivity contribution in [2.45, 2.75) is 31.5 Å². The number of ether oxygens (including phenoxy) is 1. The number of benzene rings is 1. The zero-order valence-electron chi connectivity index (χ0n) is 8.06. The Labute approximate surface area is 83.9 Å². The molecular formula is C12H14O2. The van der Waals surface area contributed by atoms with E-state index in [1.165, 1.54) is 5.56 Å². The zero-order valence-corrected chi connectivity index (χ0v) is 8.06. The summed E-state index contributed by atoms with van der Waals surface area (Å²) in [7, 11) is 0. The van der Waals surface area contributed by atoms with Gasteiger partial charge in [-0.1, -0.05) is 30.3 Å². The molecule has 1 fully saturated rings. The fourth-order valence-corrected chi connectivity index (χ4v) is 1.69. The van der Waals surface area contributed by atoms with Gasteiger partial charge in [0, 0.05) is 6.42 Å². The van der Waals surface area contributed by atoms with Gasteiger partial charge in [0.1, 0.15) is 6.29 Å². The van der Waals surface area contributed by atoms with Crippen molar-refractivity contribution in [1.29, 1.82) is 0 Å². The van der Waals surface area contributed by atoms with E-state index in [-0.39, 0.29) is 6.10 Å². The van der Waals surface area contributed by atoms with Gasteiger partial charge in [-0.2, -0.15) is 0 Å². The molecule has 1 aliphatic rings. The van der Waals surface area contributed by atoms with Crippen molar-refractivity contribution in [1.82, 2.24) is 0 Å². The van der Waals surface area contributed by atoms with E-state index in [0.29, 0.717) is 12.5 Å². The maximum absolute atomic E-state index is 10.2. The molecule has 2 atom stereocenters. The van der Waals surface area contributed by atoms with Crippen LogP contribution < -0.4 is 0 Å². The van der Waals surface area contributed by atoms with E-state index in [1.807, 2.05) is 18.2 Å². The van der Waals surface area contributed by atoms with Gasteiger partial charge in [0.2, 0.25) is 0 Å². The molecule has 14 heavy (non-hydrogen) atoms. The number of carbonyl (C=O) groups is 1. The van der Waals surface area contributed by atoms with Crippen molar-refractivity contribution in [3.8, 4) is 0 Å².